The average Bonchev–Trinajstić information content (AvgIpc) is 3.21. The molecule has 0 bridgehead atoms. The molecule has 1 saturated heterocycles. The number of hydrogen-bond acceptors (Lipinski definition) is 10. The summed E-state index contributed by atoms with van der Waals surface area (Å²) in [6, 6.07) is 0. The van der Waals surface area contributed by atoms with Crippen molar-refractivity contribution in [1.82, 2.24) is 0 Å². The Kier molecular flexibility index (Phi) is 34.2. The number of ether oxygens (including phenoxy) is 4. The molecule has 0 saturated carbocycles. The minimum atomic E-state index is -1.61. The summed E-state index contributed by atoms with van der Waals surface area (Å²) in [5, 5.41) is 40.0. The highest BCUT2D eigenvalue weighted by Crippen LogP contribution is 2.22. The SMILES string of the molecule is CC/C=C/C/C=C/C/C=C/C/C=C/C/C=C/CCCC(=O)O[C@H](COC(=O)CCCCCCCCC/C=C/CCCCCC)CO[C@@H]1O[C@H](CO)[C@H](O)C(O)C1O. The molecule has 6 atom stereocenters. The van der Waals surface area contributed by atoms with Gasteiger partial charge < -0.3 is 39.4 Å². The molecule has 0 aromatic carbocycles. The predicted molar refractivity (Wildman–Crippen MR) is 228 cm³/mol. The second kappa shape index (κ2) is 37.4. The highest BCUT2D eigenvalue weighted by atomic mass is 16.7. The monoisotopic (exact) mass is 803 g/mol. The molecule has 0 aromatic rings. The highest BCUT2D eigenvalue weighted by molar-refractivity contribution is 5.70. The zero-order valence-corrected chi connectivity index (χ0v) is 35.3. The zero-order valence-electron chi connectivity index (χ0n) is 35.3. The lowest BCUT2D eigenvalue weighted by Crippen LogP contribution is -2.59. The largest absolute Gasteiger partial charge is 0.462 e. The summed E-state index contributed by atoms with van der Waals surface area (Å²) >= 11 is 0. The normalized spacial score (nSPS) is 21.0. The van der Waals surface area contributed by atoms with Gasteiger partial charge in [0.2, 0.25) is 0 Å². The Morgan fingerprint density at radius 1 is 0.561 bits per heavy atom. The van der Waals surface area contributed by atoms with Gasteiger partial charge >= 0.3 is 11.9 Å². The smallest absolute Gasteiger partial charge is 0.306 e. The van der Waals surface area contributed by atoms with E-state index in [0.29, 0.717) is 19.3 Å². The number of esters is 2. The van der Waals surface area contributed by atoms with E-state index in [1.165, 1.54) is 51.4 Å². The van der Waals surface area contributed by atoms with E-state index in [9.17, 15) is 30.0 Å². The standard InChI is InChI=1S/C47H78O10/c1-3-5-7-9-11-13-15-17-19-20-22-24-26-28-30-32-34-36-43(50)56-40(39-55-47-46(53)45(52)44(51)41(37-48)57-47)38-54-42(49)35-33-31-29-27-25-23-21-18-16-14-12-10-8-6-4-2/h5,7,11,13-14,16-17,19,22,24,28,30,40-41,44-48,51-53H,3-4,6,8-10,12,15,18,20-21,23,25-27,29,31-39H2,1-2H3/b7-5+,13-11+,16-14+,19-17+,24-22+,30-28+/t40-,41-,44+,45?,46?,47-/m1/s1. The van der Waals surface area contributed by atoms with Crippen molar-refractivity contribution in [3.63, 3.8) is 0 Å². The predicted octanol–water partition coefficient (Wildman–Crippen LogP) is 9.22. The second-order valence-corrected chi connectivity index (χ2v) is 14.8. The lowest BCUT2D eigenvalue weighted by atomic mass is 9.99. The topological polar surface area (TPSA) is 152 Å². The van der Waals surface area contributed by atoms with Crippen LogP contribution in [0.5, 0.6) is 0 Å². The number of allylic oxidation sites excluding steroid dienone is 12. The third-order valence-electron chi connectivity index (χ3n) is 9.58. The quantitative estimate of drug-likeness (QED) is 0.0277. The van der Waals surface area contributed by atoms with Gasteiger partial charge in [-0.15, -0.1) is 0 Å². The summed E-state index contributed by atoms with van der Waals surface area (Å²) in [7, 11) is 0. The summed E-state index contributed by atoms with van der Waals surface area (Å²) in [5.74, 6) is -0.886. The fourth-order valence-corrected chi connectivity index (χ4v) is 6.10. The van der Waals surface area contributed by atoms with Crippen LogP contribution in [0.15, 0.2) is 72.9 Å². The summed E-state index contributed by atoms with van der Waals surface area (Å²) in [6.07, 6.45) is 39.1. The molecule has 57 heavy (non-hydrogen) atoms. The fourth-order valence-electron chi connectivity index (χ4n) is 6.10. The molecule has 2 unspecified atom stereocenters. The van der Waals surface area contributed by atoms with Crippen molar-refractivity contribution in [2.24, 2.45) is 0 Å². The van der Waals surface area contributed by atoms with Gasteiger partial charge in [-0.2, -0.15) is 0 Å². The molecular formula is C47H78O10. The number of carbonyl (C=O) groups is 2. The van der Waals surface area contributed by atoms with Crippen LogP contribution in [-0.2, 0) is 28.5 Å². The van der Waals surface area contributed by atoms with Crippen LogP contribution in [0.1, 0.15) is 155 Å². The van der Waals surface area contributed by atoms with Crippen LogP contribution in [0, 0.1) is 0 Å². The van der Waals surface area contributed by atoms with Crippen molar-refractivity contribution in [2.45, 2.75) is 192 Å². The molecule has 1 heterocycles. The maximum absolute atomic E-state index is 12.7. The van der Waals surface area contributed by atoms with Gasteiger partial charge in [-0.3, -0.25) is 9.59 Å². The third-order valence-corrected chi connectivity index (χ3v) is 9.58. The summed E-state index contributed by atoms with van der Waals surface area (Å²) in [4.78, 5) is 25.3. The maximum atomic E-state index is 12.7. The third kappa shape index (κ3) is 29.1. The van der Waals surface area contributed by atoms with E-state index in [1.54, 1.807) is 0 Å². The van der Waals surface area contributed by atoms with Gasteiger partial charge in [-0.05, 0) is 77.0 Å². The highest BCUT2D eigenvalue weighted by Gasteiger charge is 2.44. The lowest BCUT2D eigenvalue weighted by molar-refractivity contribution is -0.305. The van der Waals surface area contributed by atoms with Gasteiger partial charge in [-0.25, -0.2) is 0 Å². The molecule has 1 fully saturated rings. The van der Waals surface area contributed by atoms with Gasteiger partial charge in [0, 0.05) is 12.8 Å². The number of aliphatic hydroxyl groups is 4. The van der Waals surface area contributed by atoms with Gasteiger partial charge in [0.05, 0.1) is 13.2 Å². The van der Waals surface area contributed by atoms with Crippen LogP contribution in [0.2, 0.25) is 0 Å². The Balaban J connectivity index is 2.40. The van der Waals surface area contributed by atoms with E-state index in [1.807, 2.05) is 6.08 Å². The Morgan fingerprint density at radius 2 is 1.05 bits per heavy atom. The molecule has 0 spiro atoms. The molecule has 10 nitrogen and oxygen atoms in total. The summed E-state index contributed by atoms with van der Waals surface area (Å²) in [5.41, 5.74) is 0. The van der Waals surface area contributed by atoms with Crippen LogP contribution in [0.25, 0.3) is 0 Å². The van der Waals surface area contributed by atoms with Crippen molar-refractivity contribution in [3.8, 4) is 0 Å². The van der Waals surface area contributed by atoms with E-state index in [-0.39, 0.29) is 26.1 Å². The minimum absolute atomic E-state index is 0.147. The first-order chi connectivity index (χ1) is 27.8. The van der Waals surface area contributed by atoms with E-state index < -0.39 is 55.4 Å². The van der Waals surface area contributed by atoms with Crippen molar-refractivity contribution in [3.05, 3.63) is 72.9 Å². The van der Waals surface area contributed by atoms with Gasteiger partial charge in [0.1, 0.15) is 31.0 Å². The van der Waals surface area contributed by atoms with Gasteiger partial charge in [0.15, 0.2) is 12.4 Å². The van der Waals surface area contributed by atoms with E-state index >= 15 is 0 Å². The van der Waals surface area contributed by atoms with E-state index in [4.69, 9.17) is 18.9 Å². The average molecular weight is 803 g/mol. The number of aliphatic hydroxyl groups excluding tert-OH is 4. The van der Waals surface area contributed by atoms with Crippen molar-refractivity contribution in [2.75, 3.05) is 19.8 Å². The number of hydrogen-bond donors (Lipinski definition) is 4. The summed E-state index contributed by atoms with van der Waals surface area (Å²) in [6.45, 7) is 3.22. The van der Waals surface area contributed by atoms with Crippen LogP contribution >= 0.6 is 0 Å². The van der Waals surface area contributed by atoms with Crippen molar-refractivity contribution < 1.29 is 49.0 Å². The second-order valence-electron chi connectivity index (χ2n) is 14.8. The van der Waals surface area contributed by atoms with Crippen LogP contribution in [-0.4, -0.2) is 89.0 Å². The molecule has 0 aliphatic carbocycles. The Morgan fingerprint density at radius 3 is 1.63 bits per heavy atom. The van der Waals surface area contributed by atoms with E-state index in [2.05, 4.69) is 80.7 Å². The van der Waals surface area contributed by atoms with Gasteiger partial charge in [-0.1, -0.05) is 138 Å². The number of rotatable bonds is 35. The minimum Gasteiger partial charge on any atom is -0.462 e. The molecule has 326 valence electrons. The van der Waals surface area contributed by atoms with Crippen molar-refractivity contribution in [1.29, 1.82) is 0 Å². The lowest BCUT2D eigenvalue weighted by Gasteiger charge is -2.39. The van der Waals surface area contributed by atoms with Crippen molar-refractivity contribution >= 4 is 11.9 Å². The maximum Gasteiger partial charge on any atom is 0.306 e. The molecule has 10 heteroatoms. The van der Waals surface area contributed by atoms with Gasteiger partial charge in [0.25, 0.3) is 0 Å². The summed E-state index contributed by atoms with van der Waals surface area (Å²) < 4.78 is 22.1. The molecule has 1 aliphatic heterocycles. The van der Waals surface area contributed by atoms with E-state index in [0.717, 1.165) is 57.8 Å². The fraction of sp³-hybridized carbons (Fsp3) is 0.702. The Hall–Kier alpha value is -2.86. The zero-order chi connectivity index (χ0) is 41.6. The Labute approximate surface area is 344 Å². The molecule has 4 N–H and O–H groups in total. The molecule has 0 amide bonds. The Bertz CT molecular complexity index is 1160. The number of carbonyl (C=O) groups excluding carboxylic acids is 2. The molecule has 1 aliphatic rings. The molecule has 1 rings (SSSR count). The van der Waals surface area contributed by atoms with Crippen LogP contribution in [0.4, 0.5) is 0 Å². The first kappa shape index (κ1) is 52.2. The first-order valence-electron chi connectivity index (χ1n) is 22.0. The first-order valence-corrected chi connectivity index (χ1v) is 22.0. The number of unbranched alkanes of at least 4 members (excludes halogenated alkanes) is 12. The molecule has 0 aromatic heterocycles. The molecule has 0 radical (unpaired) electrons. The molecular weight excluding hydrogens is 725 g/mol. The van der Waals surface area contributed by atoms with Crippen LogP contribution < -0.4 is 0 Å². The van der Waals surface area contributed by atoms with Crippen LogP contribution in [0.3, 0.4) is 0 Å².